The number of rotatable bonds is 1. The van der Waals surface area contributed by atoms with E-state index in [4.69, 9.17) is 0 Å². The molecule has 0 nitrogen and oxygen atoms in total. The van der Waals surface area contributed by atoms with Crippen LogP contribution in [0.3, 0.4) is 0 Å². The summed E-state index contributed by atoms with van der Waals surface area (Å²) in [6.07, 6.45) is 1.10. The van der Waals surface area contributed by atoms with Crippen LogP contribution in [0, 0.1) is 6.92 Å². The molecule has 0 amide bonds. The fraction of sp³-hybridized carbons (Fsp3) is 0.333. The van der Waals surface area contributed by atoms with E-state index in [0.717, 1.165) is 11.3 Å². The number of hydrogen-bond acceptors (Lipinski definition) is 1. The molecule has 0 aromatic heterocycles. The summed E-state index contributed by atoms with van der Waals surface area (Å²) in [5.74, 6) is 0. The van der Waals surface area contributed by atoms with Gasteiger partial charge in [0.15, 0.2) is 0 Å². The largest absolute Gasteiger partial charge is 0.143 e. The zero-order chi connectivity index (χ0) is 7.56. The van der Waals surface area contributed by atoms with Gasteiger partial charge in [0.2, 0.25) is 0 Å². The van der Waals surface area contributed by atoms with Crippen LogP contribution in [0.15, 0.2) is 23.1 Å². The van der Waals surface area contributed by atoms with Crippen LogP contribution in [-0.4, -0.2) is 0 Å². The molecule has 0 aliphatic carbocycles. The van der Waals surface area contributed by atoms with Gasteiger partial charge in [0.25, 0.3) is 0 Å². The molecule has 0 bridgehead atoms. The van der Waals surface area contributed by atoms with E-state index in [1.54, 1.807) is 0 Å². The lowest BCUT2D eigenvalue weighted by molar-refractivity contribution is 1.08. The Balaban J connectivity index is 3.14. The minimum Gasteiger partial charge on any atom is -0.143 e. The van der Waals surface area contributed by atoms with E-state index in [9.17, 15) is 0 Å². The molecule has 0 aliphatic rings. The highest BCUT2D eigenvalue weighted by Gasteiger charge is 1.96. The smallest absolute Gasteiger partial charge is 0.00719 e. The van der Waals surface area contributed by atoms with E-state index >= 15 is 0 Å². The molecule has 0 fully saturated rings. The maximum absolute atomic E-state index is 4.32. The normalized spacial score (nSPS) is 9.90. The van der Waals surface area contributed by atoms with Crippen LogP contribution >= 0.6 is 12.6 Å². The highest BCUT2D eigenvalue weighted by atomic mass is 32.1. The lowest BCUT2D eigenvalue weighted by Gasteiger charge is -2.03. The fourth-order valence-corrected chi connectivity index (χ4v) is 1.28. The average molecular weight is 152 g/mol. The topological polar surface area (TPSA) is 0 Å². The second-order valence-corrected chi connectivity index (χ2v) is 2.90. The van der Waals surface area contributed by atoms with Crippen LogP contribution < -0.4 is 0 Å². The van der Waals surface area contributed by atoms with Crippen LogP contribution in [0.4, 0.5) is 0 Å². The minimum atomic E-state index is 1.10. The number of benzene rings is 1. The van der Waals surface area contributed by atoms with E-state index in [1.807, 2.05) is 12.1 Å². The van der Waals surface area contributed by atoms with Gasteiger partial charge in [-0.3, -0.25) is 0 Å². The molecule has 1 heteroatoms. The summed E-state index contributed by atoms with van der Waals surface area (Å²) in [6, 6.07) is 6.22. The van der Waals surface area contributed by atoms with E-state index < -0.39 is 0 Å². The molecule has 1 rings (SSSR count). The monoisotopic (exact) mass is 152 g/mol. The molecule has 0 N–H and O–H groups in total. The highest BCUT2D eigenvalue weighted by molar-refractivity contribution is 7.80. The molecule has 0 heterocycles. The van der Waals surface area contributed by atoms with Gasteiger partial charge in [-0.25, -0.2) is 0 Å². The third-order valence-electron chi connectivity index (χ3n) is 1.80. The van der Waals surface area contributed by atoms with E-state index in [0.29, 0.717) is 0 Å². The van der Waals surface area contributed by atoms with Crippen LogP contribution in [0.1, 0.15) is 18.1 Å². The van der Waals surface area contributed by atoms with Gasteiger partial charge in [0.05, 0.1) is 0 Å². The summed E-state index contributed by atoms with van der Waals surface area (Å²) >= 11 is 4.32. The van der Waals surface area contributed by atoms with Crippen molar-refractivity contribution in [3.05, 3.63) is 29.3 Å². The SMILES string of the molecule is CCc1cccc(S)c1C. The zero-order valence-electron chi connectivity index (χ0n) is 6.39. The maximum Gasteiger partial charge on any atom is 0.00719 e. The Bertz CT molecular complexity index is 228. The fourth-order valence-electron chi connectivity index (χ4n) is 1.05. The third kappa shape index (κ3) is 1.35. The van der Waals surface area contributed by atoms with Crippen molar-refractivity contribution in [3.63, 3.8) is 0 Å². The van der Waals surface area contributed by atoms with Gasteiger partial charge in [0, 0.05) is 4.90 Å². The summed E-state index contributed by atoms with van der Waals surface area (Å²) < 4.78 is 0. The molecule has 54 valence electrons. The molecule has 0 unspecified atom stereocenters. The molecule has 0 atom stereocenters. The molecule has 10 heavy (non-hydrogen) atoms. The number of thiol groups is 1. The van der Waals surface area contributed by atoms with E-state index in [-0.39, 0.29) is 0 Å². The Morgan fingerprint density at radius 1 is 1.40 bits per heavy atom. The van der Waals surface area contributed by atoms with Crippen molar-refractivity contribution < 1.29 is 0 Å². The summed E-state index contributed by atoms with van der Waals surface area (Å²) in [4.78, 5) is 1.10. The summed E-state index contributed by atoms with van der Waals surface area (Å²) in [6.45, 7) is 4.27. The van der Waals surface area contributed by atoms with Crippen molar-refractivity contribution in [1.82, 2.24) is 0 Å². The standard InChI is InChI=1S/C9H12S/c1-3-8-5-4-6-9(10)7(8)2/h4-6,10H,3H2,1-2H3. The second-order valence-electron chi connectivity index (χ2n) is 2.41. The van der Waals surface area contributed by atoms with E-state index in [1.165, 1.54) is 11.1 Å². The van der Waals surface area contributed by atoms with Crippen molar-refractivity contribution in [3.8, 4) is 0 Å². The molecule has 0 radical (unpaired) electrons. The van der Waals surface area contributed by atoms with E-state index in [2.05, 4.69) is 32.5 Å². The summed E-state index contributed by atoms with van der Waals surface area (Å²) in [5.41, 5.74) is 2.71. The third-order valence-corrected chi connectivity index (χ3v) is 2.28. The molecular weight excluding hydrogens is 140 g/mol. The van der Waals surface area contributed by atoms with Gasteiger partial charge >= 0.3 is 0 Å². The Labute approximate surface area is 67.7 Å². The number of aryl methyl sites for hydroxylation is 1. The maximum atomic E-state index is 4.32. The first-order valence-corrected chi connectivity index (χ1v) is 3.98. The molecule has 1 aromatic carbocycles. The molecule has 1 aromatic rings. The Kier molecular flexibility index (Phi) is 2.39. The Morgan fingerprint density at radius 2 is 2.10 bits per heavy atom. The second kappa shape index (κ2) is 3.11. The average Bonchev–Trinajstić information content (AvgIpc) is 1.95. The highest BCUT2D eigenvalue weighted by Crippen LogP contribution is 2.16. The van der Waals surface area contributed by atoms with Crippen molar-refractivity contribution in [2.24, 2.45) is 0 Å². The van der Waals surface area contributed by atoms with Crippen LogP contribution in [-0.2, 0) is 6.42 Å². The molecule has 0 spiro atoms. The molecule has 0 saturated carbocycles. The van der Waals surface area contributed by atoms with Gasteiger partial charge in [-0.2, -0.15) is 0 Å². The quantitative estimate of drug-likeness (QED) is 0.588. The molecule has 0 aliphatic heterocycles. The lowest BCUT2D eigenvalue weighted by Crippen LogP contribution is -1.85. The van der Waals surface area contributed by atoms with Crippen LogP contribution in [0.5, 0.6) is 0 Å². The summed E-state index contributed by atoms with van der Waals surface area (Å²) in [5, 5.41) is 0. The first kappa shape index (κ1) is 7.67. The first-order chi connectivity index (χ1) is 4.75. The van der Waals surface area contributed by atoms with Crippen molar-refractivity contribution in [2.45, 2.75) is 25.2 Å². The molecule has 0 saturated heterocycles. The first-order valence-electron chi connectivity index (χ1n) is 3.53. The number of hydrogen-bond donors (Lipinski definition) is 1. The van der Waals surface area contributed by atoms with Crippen molar-refractivity contribution in [1.29, 1.82) is 0 Å². The Hall–Kier alpha value is -0.430. The van der Waals surface area contributed by atoms with Crippen molar-refractivity contribution >= 4 is 12.6 Å². The zero-order valence-corrected chi connectivity index (χ0v) is 7.28. The van der Waals surface area contributed by atoms with Crippen LogP contribution in [0.25, 0.3) is 0 Å². The minimum absolute atomic E-state index is 1.10. The van der Waals surface area contributed by atoms with Gasteiger partial charge in [-0.1, -0.05) is 19.1 Å². The van der Waals surface area contributed by atoms with Gasteiger partial charge in [0.1, 0.15) is 0 Å². The lowest BCUT2D eigenvalue weighted by atomic mass is 10.1. The Morgan fingerprint density at radius 3 is 2.60 bits per heavy atom. The predicted molar refractivity (Wildman–Crippen MR) is 47.8 cm³/mol. The van der Waals surface area contributed by atoms with Gasteiger partial charge in [-0.15, -0.1) is 12.6 Å². The van der Waals surface area contributed by atoms with Crippen molar-refractivity contribution in [2.75, 3.05) is 0 Å². The van der Waals surface area contributed by atoms with Gasteiger partial charge in [-0.05, 0) is 30.5 Å². The van der Waals surface area contributed by atoms with Crippen LogP contribution in [0.2, 0.25) is 0 Å². The molecular formula is C9H12S. The summed E-state index contributed by atoms with van der Waals surface area (Å²) in [7, 11) is 0. The van der Waals surface area contributed by atoms with Gasteiger partial charge < -0.3 is 0 Å². The predicted octanol–water partition coefficient (Wildman–Crippen LogP) is 2.85.